The lowest BCUT2D eigenvalue weighted by Gasteiger charge is -2.31. The minimum atomic E-state index is -3.59. The Kier molecular flexibility index (Phi) is 6.38. The smallest absolute Gasteiger partial charge is 0.286 e. The molecule has 1 atom stereocenters. The lowest BCUT2D eigenvalue weighted by Crippen LogP contribution is -2.39. The van der Waals surface area contributed by atoms with Crippen LogP contribution in [0.1, 0.15) is 39.1 Å². The molecule has 1 amide bonds. The number of amides is 1. The predicted octanol–water partition coefficient (Wildman–Crippen LogP) is 4.32. The normalized spacial score (nSPS) is 17.4. The first-order valence-electron chi connectivity index (χ1n) is 9.80. The van der Waals surface area contributed by atoms with Crippen LogP contribution in [0.15, 0.2) is 53.4 Å². The SMILES string of the molecule is Cc1ccccc1S(=O)(=O)N1CCC[C@@H](c2nnc(C(=O)Nc3cccc(Cl)c3)s2)C1. The highest BCUT2D eigenvalue weighted by Gasteiger charge is 2.33. The molecule has 10 heteroatoms. The summed E-state index contributed by atoms with van der Waals surface area (Å²) in [6.45, 7) is 2.58. The van der Waals surface area contributed by atoms with Gasteiger partial charge in [0.1, 0.15) is 5.01 Å². The van der Waals surface area contributed by atoms with Gasteiger partial charge in [-0.2, -0.15) is 4.31 Å². The molecule has 0 unspecified atom stereocenters. The molecule has 3 aromatic rings. The third-order valence-corrected chi connectivity index (χ3v) is 8.51. The molecule has 0 saturated carbocycles. The van der Waals surface area contributed by atoms with E-state index in [9.17, 15) is 13.2 Å². The number of anilines is 1. The van der Waals surface area contributed by atoms with E-state index in [-0.39, 0.29) is 16.8 Å². The number of carbonyl (C=O) groups excluding carboxylic acids is 1. The first-order chi connectivity index (χ1) is 14.8. The molecule has 0 spiro atoms. The number of rotatable bonds is 5. The van der Waals surface area contributed by atoms with E-state index >= 15 is 0 Å². The number of sulfonamides is 1. The van der Waals surface area contributed by atoms with Crippen LogP contribution < -0.4 is 5.32 Å². The van der Waals surface area contributed by atoms with Crippen molar-refractivity contribution in [3.63, 3.8) is 0 Å². The molecule has 2 aromatic carbocycles. The van der Waals surface area contributed by atoms with Crippen molar-refractivity contribution >= 4 is 44.6 Å². The third-order valence-electron chi connectivity index (χ3n) is 5.16. The standard InChI is InChI=1S/C21H21ClN4O3S2/c1-14-6-2-3-10-18(14)31(28,29)26-11-5-7-15(13-26)20-24-25-21(30-20)19(27)23-17-9-4-8-16(22)12-17/h2-4,6,8-10,12,15H,5,7,11,13H2,1H3,(H,23,27)/t15-/m1/s1. The Morgan fingerprint density at radius 2 is 2.00 bits per heavy atom. The van der Waals surface area contributed by atoms with Gasteiger partial charge in [0.05, 0.1) is 4.90 Å². The largest absolute Gasteiger partial charge is 0.320 e. The van der Waals surface area contributed by atoms with Crippen molar-refractivity contribution in [2.24, 2.45) is 0 Å². The van der Waals surface area contributed by atoms with E-state index in [1.165, 1.54) is 15.6 Å². The van der Waals surface area contributed by atoms with Gasteiger partial charge >= 0.3 is 0 Å². The van der Waals surface area contributed by atoms with Crippen LogP contribution in [0.5, 0.6) is 0 Å². The zero-order valence-corrected chi connectivity index (χ0v) is 19.2. The van der Waals surface area contributed by atoms with E-state index in [0.717, 1.165) is 18.4 Å². The number of aromatic nitrogens is 2. The van der Waals surface area contributed by atoms with Gasteiger partial charge in [-0.3, -0.25) is 4.79 Å². The number of halogens is 1. The summed E-state index contributed by atoms with van der Waals surface area (Å²) in [5.74, 6) is -0.469. The van der Waals surface area contributed by atoms with Gasteiger partial charge in [0.15, 0.2) is 0 Å². The molecule has 4 rings (SSSR count). The van der Waals surface area contributed by atoms with Gasteiger partial charge in [0, 0.05) is 29.7 Å². The Morgan fingerprint density at radius 3 is 2.77 bits per heavy atom. The van der Waals surface area contributed by atoms with Gasteiger partial charge in [0.2, 0.25) is 15.0 Å². The molecular formula is C21H21ClN4O3S2. The van der Waals surface area contributed by atoms with Crippen LogP contribution in [0.2, 0.25) is 5.02 Å². The number of hydrogen-bond donors (Lipinski definition) is 1. The van der Waals surface area contributed by atoms with Crippen molar-refractivity contribution in [2.75, 3.05) is 18.4 Å². The molecule has 31 heavy (non-hydrogen) atoms. The van der Waals surface area contributed by atoms with Gasteiger partial charge < -0.3 is 5.32 Å². The number of aryl methyl sites for hydroxylation is 1. The second-order valence-electron chi connectivity index (χ2n) is 7.38. The van der Waals surface area contributed by atoms with Crippen LogP contribution >= 0.6 is 22.9 Å². The average Bonchev–Trinajstić information content (AvgIpc) is 3.25. The van der Waals surface area contributed by atoms with Crippen molar-refractivity contribution in [1.29, 1.82) is 0 Å². The first kappa shape index (κ1) is 21.9. The summed E-state index contributed by atoms with van der Waals surface area (Å²) in [7, 11) is -3.59. The van der Waals surface area contributed by atoms with Gasteiger partial charge in [-0.1, -0.05) is 47.2 Å². The third kappa shape index (κ3) is 4.79. The molecule has 0 aliphatic carbocycles. The minimum absolute atomic E-state index is 0.0993. The molecule has 1 fully saturated rings. The number of carbonyl (C=O) groups is 1. The van der Waals surface area contributed by atoms with Crippen molar-refractivity contribution < 1.29 is 13.2 Å². The Morgan fingerprint density at radius 1 is 1.19 bits per heavy atom. The summed E-state index contributed by atoms with van der Waals surface area (Å²) in [6.07, 6.45) is 1.52. The summed E-state index contributed by atoms with van der Waals surface area (Å²) in [5, 5.41) is 12.4. The Bertz CT molecular complexity index is 1210. The van der Waals surface area contributed by atoms with Crippen molar-refractivity contribution in [2.45, 2.75) is 30.6 Å². The van der Waals surface area contributed by atoms with Gasteiger partial charge in [0.25, 0.3) is 5.91 Å². The molecular weight excluding hydrogens is 456 g/mol. The number of nitrogens with one attached hydrogen (secondary N) is 1. The molecule has 1 aliphatic rings. The highest BCUT2D eigenvalue weighted by Crippen LogP contribution is 2.32. The first-order valence-corrected chi connectivity index (χ1v) is 12.4. The average molecular weight is 477 g/mol. The summed E-state index contributed by atoms with van der Waals surface area (Å²) in [6, 6.07) is 13.8. The molecule has 7 nitrogen and oxygen atoms in total. The molecule has 0 radical (unpaired) electrons. The summed E-state index contributed by atoms with van der Waals surface area (Å²) >= 11 is 7.15. The van der Waals surface area contributed by atoms with Crippen molar-refractivity contribution in [3.05, 3.63) is 69.1 Å². The van der Waals surface area contributed by atoms with Crippen LogP contribution in [0.4, 0.5) is 5.69 Å². The topological polar surface area (TPSA) is 92.3 Å². The number of benzene rings is 2. The second-order valence-corrected chi connectivity index (χ2v) is 10.7. The highest BCUT2D eigenvalue weighted by molar-refractivity contribution is 7.89. The van der Waals surface area contributed by atoms with Crippen LogP contribution in [0, 0.1) is 6.92 Å². The molecule has 0 bridgehead atoms. The molecule has 1 aliphatic heterocycles. The van der Waals surface area contributed by atoms with E-state index in [1.807, 2.05) is 6.07 Å². The number of piperidine rings is 1. The lowest BCUT2D eigenvalue weighted by molar-refractivity contribution is 0.102. The zero-order chi connectivity index (χ0) is 22.0. The van der Waals surface area contributed by atoms with E-state index in [0.29, 0.717) is 33.7 Å². The maximum Gasteiger partial charge on any atom is 0.286 e. The van der Waals surface area contributed by atoms with Crippen LogP contribution in [-0.4, -0.2) is 41.9 Å². The number of nitrogens with zero attached hydrogens (tertiary/aromatic N) is 3. The minimum Gasteiger partial charge on any atom is -0.320 e. The molecule has 1 saturated heterocycles. The maximum atomic E-state index is 13.1. The molecule has 1 N–H and O–H groups in total. The van der Waals surface area contributed by atoms with E-state index in [1.54, 1.807) is 49.4 Å². The Labute approximate surface area is 190 Å². The zero-order valence-electron chi connectivity index (χ0n) is 16.8. The van der Waals surface area contributed by atoms with Crippen molar-refractivity contribution in [1.82, 2.24) is 14.5 Å². The Balaban J connectivity index is 1.49. The summed E-state index contributed by atoms with van der Waals surface area (Å²) < 4.78 is 27.8. The van der Waals surface area contributed by atoms with Crippen LogP contribution in [0.3, 0.4) is 0 Å². The monoisotopic (exact) mass is 476 g/mol. The second kappa shape index (κ2) is 9.04. The summed E-state index contributed by atoms with van der Waals surface area (Å²) in [4.78, 5) is 12.8. The lowest BCUT2D eigenvalue weighted by atomic mass is 10.0. The fraction of sp³-hybridized carbons (Fsp3) is 0.286. The van der Waals surface area contributed by atoms with Gasteiger partial charge in [-0.05, 0) is 49.6 Å². The molecule has 2 heterocycles. The quantitative estimate of drug-likeness (QED) is 0.592. The maximum absolute atomic E-state index is 13.1. The summed E-state index contributed by atoms with van der Waals surface area (Å²) in [5.41, 5.74) is 1.29. The molecule has 1 aromatic heterocycles. The van der Waals surface area contributed by atoms with E-state index < -0.39 is 10.0 Å². The predicted molar refractivity (Wildman–Crippen MR) is 121 cm³/mol. The fourth-order valence-electron chi connectivity index (χ4n) is 3.59. The number of hydrogen-bond acceptors (Lipinski definition) is 6. The highest BCUT2D eigenvalue weighted by atomic mass is 35.5. The van der Waals surface area contributed by atoms with E-state index in [2.05, 4.69) is 15.5 Å². The van der Waals surface area contributed by atoms with E-state index in [4.69, 9.17) is 11.6 Å². The van der Waals surface area contributed by atoms with Crippen LogP contribution in [0.25, 0.3) is 0 Å². The van der Waals surface area contributed by atoms with Crippen LogP contribution in [-0.2, 0) is 10.0 Å². The fourth-order valence-corrected chi connectivity index (χ4v) is 6.39. The van der Waals surface area contributed by atoms with Crippen molar-refractivity contribution in [3.8, 4) is 0 Å². The molecule has 162 valence electrons. The Hall–Kier alpha value is -2.33. The van der Waals surface area contributed by atoms with Gasteiger partial charge in [-0.25, -0.2) is 8.42 Å². The van der Waals surface area contributed by atoms with Gasteiger partial charge in [-0.15, -0.1) is 10.2 Å².